The monoisotopic (exact) mass is 658 g/mol. The Bertz CT molecular complexity index is 1730. The van der Waals surface area contributed by atoms with Gasteiger partial charge in [0.15, 0.2) is 0 Å². The van der Waals surface area contributed by atoms with Crippen LogP contribution in [-0.4, -0.2) is 81.4 Å². The zero-order valence-corrected chi connectivity index (χ0v) is 26.0. The van der Waals surface area contributed by atoms with Gasteiger partial charge >= 0.3 is 12.1 Å². The molecule has 14 heteroatoms. The standard InChI is InChI=1S/C33H35F5N6O3/c1-42(2)10-11-43(3)25-5-6-26(30(18-25)44(32(46)33(36,37)38)24-8-12-47-13-9-24)31(45)41-29-19-39-28-7-4-22(17-27(28)29)40-23-15-20(34)14-21(35)16-23/h4-7,14-19,24,39-40H,8-13H2,1-3H3,(H,41,45). The summed E-state index contributed by atoms with van der Waals surface area (Å²) in [5.74, 6) is -4.32. The number of halogens is 5. The lowest BCUT2D eigenvalue weighted by atomic mass is 10.0. The van der Waals surface area contributed by atoms with Gasteiger partial charge in [-0.2, -0.15) is 13.2 Å². The van der Waals surface area contributed by atoms with Gasteiger partial charge in [-0.3, -0.25) is 9.59 Å². The molecule has 0 saturated carbocycles. The van der Waals surface area contributed by atoms with Crippen LogP contribution in [0.3, 0.4) is 0 Å². The van der Waals surface area contributed by atoms with E-state index in [-0.39, 0.29) is 43.0 Å². The number of nitrogens with one attached hydrogen (secondary N) is 3. The van der Waals surface area contributed by atoms with Crippen molar-refractivity contribution in [2.75, 3.05) is 67.9 Å². The summed E-state index contributed by atoms with van der Waals surface area (Å²) < 4.78 is 75.0. The van der Waals surface area contributed by atoms with E-state index in [1.807, 2.05) is 23.9 Å². The highest BCUT2D eigenvalue weighted by molar-refractivity contribution is 6.14. The van der Waals surface area contributed by atoms with E-state index in [0.717, 1.165) is 18.2 Å². The van der Waals surface area contributed by atoms with Crippen molar-refractivity contribution in [1.82, 2.24) is 9.88 Å². The predicted molar refractivity (Wildman–Crippen MR) is 172 cm³/mol. The molecule has 250 valence electrons. The Hall–Kier alpha value is -4.69. The summed E-state index contributed by atoms with van der Waals surface area (Å²) in [5.41, 5.74) is 1.79. The number of H-pyrrole nitrogens is 1. The largest absolute Gasteiger partial charge is 0.471 e. The summed E-state index contributed by atoms with van der Waals surface area (Å²) in [6, 6.07) is 11.7. The fourth-order valence-electron chi connectivity index (χ4n) is 5.46. The van der Waals surface area contributed by atoms with Gasteiger partial charge in [0.2, 0.25) is 0 Å². The van der Waals surface area contributed by atoms with Crippen molar-refractivity contribution in [2.45, 2.75) is 25.1 Å². The van der Waals surface area contributed by atoms with E-state index < -0.39 is 35.7 Å². The highest BCUT2D eigenvalue weighted by Crippen LogP contribution is 2.36. The second kappa shape index (κ2) is 14.0. The Labute approximate surface area is 268 Å². The van der Waals surface area contributed by atoms with Crippen molar-refractivity contribution in [3.8, 4) is 0 Å². The molecule has 0 unspecified atom stereocenters. The number of aromatic amines is 1. The molecule has 1 aliphatic rings. The van der Waals surface area contributed by atoms with Crippen LogP contribution < -0.4 is 20.4 Å². The average molecular weight is 659 g/mol. The van der Waals surface area contributed by atoms with Crippen LogP contribution in [-0.2, 0) is 9.53 Å². The minimum absolute atomic E-state index is 0.127. The number of fused-ring (bicyclic) bond motifs is 1. The van der Waals surface area contributed by atoms with E-state index in [0.29, 0.717) is 46.0 Å². The summed E-state index contributed by atoms with van der Waals surface area (Å²) in [5, 5.41) is 6.22. The van der Waals surface area contributed by atoms with Crippen molar-refractivity contribution in [2.24, 2.45) is 0 Å². The molecule has 5 rings (SSSR count). The number of carbonyl (C=O) groups excluding carboxylic acids is 2. The van der Waals surface area contributed by atoms with Gasteiger partial charge in [-0.1, -0.05) is 0 Å². The van der Waals surface area contributed by atoms with Gasteiger partial charge in [0.1, 0.15) is 11.6 Å². The van der Waals surface area contributed by atoms with Crippen LogP contribution >= 0.6 is 0 Å². The van der Waals surface area contributed by atoms with Gasteiger partial charge in [0, 0.05) is 79.6 Å². The fraction of sp³-hybridized carbons (Fsp3) is 0.333. The first kappa shape index (κ1) is 33.7. The van der Waals surface area contributed by atoms with Crippen LogP contribution in [0.25, 0.3) is 10.9 Å². The van der Waals surface area contributed by atoms with Crippen molar-refractivity contribution in [1.29, 1.82) is 0 Å². The van der Waals surface area contributed by atoms with E-state index in [2.05, 4.69) is 15.6 Å². The Morgan fingerprint density at radius 3 is 2.28 bits per heavy atom. The van der Waals surface area contributed by atoms with Crippen molar-refractivity contribution >= 4 is 51.2 Å². The Morgan fingerprint density at radius 2 is 1.62 bits per heavy atom. The molecule has 0 atom stereocenters. The van der Waals surface area contributed by atoms with Gasteiger partial charge in [-0.25, -0.2) is 8.78 Å². The maximum absolute atomic E-state index is 14.1. The molecular weight excluding hydrogens is 623 g/mol. The highest BCUT2D eigenvalue weighted by atomic mass is 19.4. The van der Waals surface area contributed by atoms with Crippen LogP contribution in [0.4, 0.5) is 50.4 Å². The number of aromatic nitrogens is 1. The summed E-state index contributed by atoms with van der Waals surface area (Å²) in [6.45, 7) is 1.54. The zero-order chi connectivity index (χ0) is 33.9. The molecule has 3 N–H and O–H groups in total. The third-order valence-electron chi connectivity index (χ3n) is 7.91. The van der Waals surface area contributed by atoms with Crippen LogP contribution in [0.15, 0.2) is 60.8 Å². The smallest absolute Gasteiger partial charge is 0.381 e. The van der Waals surface area contributed by atoms with E-state index in [1.165, 1.54) is 18.3 Å². The number of nitrogens with zero attached hydrogens (tertiary/aromatic N) is 3. The fourth-order valence-corrected chi connectivity index (χ4v) is 5.46. The highest BCUT2D eigenvalue weighted by Gasteiger charge is 2.46. The van der Waals surface area contributed by atoms with E-state index in [4.69, 9.17) is 4.74 Å². The molecule has 1 aliphatic heterocycles. The van der Waals surface area contributed by atoms with E-state index in [9.17, 15) is 31.5 Å². The molecule has 47 heavy (non-hydrogen) atoms. The Morgan fingerprint density at radius 1 is 0.915 bits per heavy atom. The summed E-state index contributed by atoms with van der Waals surface area (Å²) in [6.07, 6.45) is -3.34. The number of alkyl halides is 3. The molecule has 0 bridgehead atoms. The number of rotatable bonds is 10. The SMILES string of the molecule is CN(C)CCN(C)c1ccc(C(=O)Nc2c[nH]c3ccc(Nc4cc(F)cc(F)c4)cc23)c(N(C(=O)C(F)(F)F)C2CCOCC2)c1. The number of hydrogen-bond acceptors (Lipinski definition) is 6. The number of amides is 2. The molecule has 0 spiro atoms. The first-order valence-electron chi connectivity index (χ1n) is 14.9. The molecule has 0 aliphatic carbocycles. The van der Waals surface area contributed by atoms with Gasteiger partial charge in [0.25, 0.3) is 5.91 Å². The van der Waals surface area contributed by atoms with Crippen LogP contribution in [0.2, 0.25) is 0 Å². The minimum atomic E-state index is -5.19. The lowest BCUT2D eigenvalue weighted by Crippen LogP contribution is -2.50. The maximum Gasteiger partial charge on any atom is 0.471 e. The Balaban J connectivity index is 1.52. The summed E-state index contributed by atoms with van der Waals surface area (Å²) >= 11 is 0. The third kappa shape index (κ3) is 8.00. The van der Waals surface area contributed by atoms with Crippen molar-refractivity contribution in [3.63, 3.8) is 0 Å². The normalized spacial score (nSPS) is 14.0. The van der Waals surface area contributed by atoms with Gasteiger partial charge < -0.3 is 35.1 Å². The third-order valence-corrected chi connectivity index (χ3v) is 7.91. The summed E-state index contributed by atoms with van der Waals surface area (Å²) in [7, 11) is 5.57. The number of hydrogen-bond donors (Lipinski definition) is 3. The molecule has 3 aromatic carbocycles. The number of anilines is 5. The topological polar surface area (TPSA) is 92.9 Å². The van der Waals surface area contributed by atoms with Crippen molar-refractivity contribution in [3.05, 3.63) is 78.0 Å². The van der Waals surface area contributed by atoms with Gasteiger partial charge in [-0.05, 0) is 75.5 Å². The van der Waals surface area contributed by atoms with Crippen molar-refractivity contribution < 1.29 is 36.3 Å². The van der Waals surface area contributed by atoms with Crippen LogP contribution in [0.5, 0.6) is 0 Å². The van der Waals surface area contributed by atoms with Crippen LogP contribution in [0.1, 0.15) is 23.2 Å². The average Bonchev–Trinajstić information content (AvgIpc) is 3.41. The molecule has 2 heterocycles. The second-order valence-electron chi connectivity index (χ2n) is 11.6. The Kier molecular flexibility index (Phi) is 10.0. The zero-order valence-electron chi connectivity index (χ0n) is 26.0. The molecule has 1 fully saturated rings. The molecule has 9 nitrogen and oxygen atoms in total. The number of benzene rings is 3. The summed E-state index contributed by atoms with van der Waals surface area (Å²) in [4.78, 5) is 34.4. The van der Waals surface area contributed by atoms with E-state index >= 15 is 0 Å². The van der Waals surface area contributed by atoms with Crippen LogP contribution in [0, 0.1) is 11.6 Å². The molecule has 1 aromatic heterocycles. The first-order valence-corrected chi connectivity index (χ1v) is 14.9. The lowest BCUT2D eigenvalue weighted by molar-refractivity contribution is -0.171. The second-order valence-corrected chi connectivity index (χ2v) is 11.6. The molecule has 0 radical (unpaired) electrons. The molecular formula is C33H35F5N6O3. The maximum atomic E-state index is 14.1. The quantitative estimate of drug-likeness (QED) is 0.168. The molecule has 2 amide bonds. The van der Waals surface area contributed by atoms with Gasteiger partial charge in [0.05, 0.1) is 16.9 Å². The first-order chi connectivity index (χ1) is 22.3. The molecule has 4 aromatic rings. The lowest BCUT2D eigenvalue weighted by Gasteiger charge is -2.36. The van der Waals surface area contributed by atoms with Gasteiger partial charge in [-0.15, -0.1) is 0 Å². The minimum Gasteiger partial charge on any atom is -0.381 e. The van der Waals surface area contributed by atoms with E-state index in [1.54, 1.807) is 31.3 Å². The predicted octanol–water partition coefficient (Wildman–Crippen LogP) is 6.51. The number of ether oxygens (including phenoxy) is 1. The number of likely N-dealkylation sites (N-methyl/N-ethyl adjacent to an activating group) is 2. The molecule has 1 saturated heterocycles. The number of carbonyl (C=O) groups is 2.